The molecular weight excluding hydrogens is 290 g/mol. The summed E-state index contributed by atoms with van der Waals surface area (Å²) in [6, 6.07) is 7.53. The Balaban J connectivity index is 2.22. The molecule has 0 saturated heterocycles. The van der Waals surface area contributed by atoms with Crippen molar-refractivity contribution in [2.24, 2.45) is 0 Å². The minimum Gasteiger partial charge on any atom is -0.508 e. The minimum absolute atomic E-state index is 0.143. The largest absolute Gasteiger partial charge is 0.508 e. The molecule has 108 valence electrons. The van der Waals surface area contributed by atoms with Crippen molar-refractivity contribution in [3.8, 4) is 5.75 Å². The number of carboxylic acids is 1. The van der Waals surface area contributed by atoms with E-state index in [0.717, 1.165) is 10.9 Å². The van der Waals surface area contributed by atoms with E-state index >= 15 is 0 Å². The molecule has 5 nitrogen and oxygen atoms in total. The maximum absolute atomic E-state index is 12.1. The molecule has 1 amide bonds. The van der Waals surface area contributed by atoms with Gasteiger partial charge in [0.15, 0.2) is 0 Å². The highest BCUT2D eigenvalue weighted by molar-refractivity contribution is 7.10. The van der Waals surface area contributed by atoms with Crippen LogP contribution in [-0.4, -0.2) is 22.1 Å². The first kappa shape index (κ1) is 14.8. The molecule has 0 aliphatic heterocycles. The van der Waals surface area contributed by atoms with Gasteiger partial charge in [-0.05, 0) is 42.6 Å². The van der Waals surface area contributed by atoms with E-state index in [1.807, 2.05) is 17.5 Å². The molecule has 1 aromatic heterocycles. The topological polar surface area (TPSA) is 86.6 Å². The normalized spacial score (nSPS) is 11.2. The number of nitrogens with one attached hydrogen (secondary N) is 1. The number of thiophene rings is 1. The molecule has 0 radical (unpaired) electrons. The molecule has 0 spiro atoms. The summed E-state index contributed by atoms with van der Waals surface area (Å²) in [6.45, 7) is 1.65. The Morgan fingerprint density at radius 2 is 2.05 bits per heavy atom. The lowest BCUT2D eigenvalue weighted by atomic mass is 10.1. The van der Waals surface area contributed by atoms with Crippen LogP contribution in [0.15, 0.2) is 41.3 Å². The van der Waals surface area contributed by atoms with Gasteiger partial charge in [0.2, 0.25) is 0 Å². The number of phenolic OH excluding ortho intramolecular Hbond substituents is 1. The number of carbonyl (C=O) groups excluding carboxylic acids is 1. The van der Waals surface area contributed by atoms with Gasteiger partial charge in [-0.15, -0.1) is 11.3 Å². The van der Waals surface area contributed by atoms with E-state index in [4.69, 9.17) is 5.11 Å². The summed E-state index contributed by atoms with van der Waals surface area (Å²) >= 11 is 1.50. The Morgan fingerprint density at radius 3 is 2.67 bits per heavy atom. The van der Waals surface area contributed by atoms with E-state index < -0.39 is 11.9 Å². The van der Waals surface area contributed by atoms with E-state index in [1.54, 1.807) is 13.0 Å². The standard InChI is InChI=1S/C15H13NO4S/c1-9(7-11-3-2-6-21-11)14(18)16-13-5-4-10(17)8-12(13)15(19)20/h2-8,17H,1H3,(H,16,18)(H,19,20). The van der Waals surface area contributed by atoms with Crippen LogP contribution in [0.2, 0.25) is 0 Å². The van der Waals surface area contributed by atoms with Crippen LogP contribution < -0.4 is 5.32 Å². The lowest BCUT2D eigenvalue weighted by molar-refractivity contribution is -0.112. The molecule has 1 aromatic carbocycles. The first-order valence-electron chi connectivity index (χ1n) is 6.07. The van der Waals surface area contributed by atoms with E-state index in [1.165, 1.54) is 23.5 Å². The van der Waals surface area contributed by atoms with Crippen molar-refractivity contribution in [1.82, 2.24) is 0 Å². The van der Waals surface area contributed by atoms with Crippen LogP contribution in [0.25, 0.3) is 6.08 Å². The van der Waals surface area contributed by atoms with E-state index in [0.29, 0.717) is 5.57 Å². The molecular formula is C15H13NO4S. The number of carboxylic acid groups (broad SMARTS) is 1. The molecule has 0 bridgehead atoms. The monoisotopic (exact) mass is 303 g/mol. The number of phenols is 1. The van der Waals surface area contributed by atoms with Crippen molar-refractivity contribution in [2.45, 2.75) is 6.92 Å². The average molecular weight is 303 g/mol. The quantitative estimate of drug-likeness (QED) is 0.598. The second-order valence-corrected chi connectivity index (χ2v) is 5.31. The van der Waals surface area contributed by atoms with Gasteiger partial charge < -0.3 is 15.5 Å². The van der Waals surface area contributed by atoms with E-state index in [-0.39, 0.29) is 17.0 Å². The van der Waals surface area contributed by atoms with E-state index in [2.05, 4.69) is 5.32 Å². The first-order valence-corrected chi connectivity index (χ1v) is 6.95. The van der Waals surface area contributed by atoms with Gasteiger partial charge >= 0.3 is 5.97 Å². The lowest BCUT2D eigenvalue weighted by Gasteiger charge is -2.09. The SMILES string of the molecule is CC(=Cc1cccs1)C(=O)Nc1ccc(O)cc1C(=O)O. The Bertz CT molecular complexity index is 704. The molecule has 21 heavy (non-hydrogen) atoms. The van der Waals surface area contributed by atoms with Gasteiger partial charge in [-0.1, -0.05) is 6.07 Å². The van der Waals surface area contributed by atoms with E-state index in [9.17, 15) is 14.7 Å². The highest BCUT2D eigenvalue weighted by Crippen LogP contribution is 2.22. The molecule has 0 atom stereocenters. The highest BCUT2D eigenvalue weighted by atomic mass is 32.1. The van der Waals surface area contributed by atoms with Crippen LogP contribution >= 0.6 is 11.3 Å². The van der Waals surface area contributed by atoms with Crippen LogP contribution in [0.3, 0.4) is 0 Å². The zero-order valence-electron chi connectivity index (χ0n) is 11.2. The summed E-state index contributed by atoms with van der Waals surface area (Å²) < 4.78 is 0. The van der Waals surface area contributed by atoms with Gasteiger partial charge in [-0.3, -0.25) is 4.79 Å². The molecule has 2 aromatic rings. The Labute approximate surface area is 125 Å². The Kier molecular flexibility index (Phi) is 4.39. The van der Waals surface area contributed by atoms with Crippen molar-refractivity contribution in [3.63, 3.8) is 0 Å². The summed E-state index contributed by atoms with van der Waals surface area (Å²) in [7, 11) is 0. The van der Waals surface area contributed by atoms with Gasteiger partial charge in [-0.25, -0.2) is 4.79 Å². The van der Waals surface area contributed by atoms with Crippen LogP contribution in [-0.2, 0) is 4.79 Å². The van der Waals surface area contributed by atoms with Crippen LogP contribution in [0.1, 0.15) is 22.2 Å². The molecule has 0 aliphatic rings. The fourth-order valence-electron chi connectivity index (χ4n) is 1.69. The second kappa shape index (κ2) is 6.23. The third-order valence-electron chi connectivity index (χ3n) is 2.74. The Morgan fingerprint density at radius 1 is 1.29 bits per heavy atom. The number of aromatic carboxylic acids is 1. The number of aromatic hydroxyl groups is 1. The molecule has 1 heterocycles. The third kappa shape index (κ3) is 3.70. The van der Waals surface area contributed by atoms with Crippen molar-refractivity contribution >= 4 is 35.0 Å². The maximum Gasteiger partial charge on any atom is 0.337 e. The maximum atomic E-state index is 12.1. The lowest BCUT2D eigenvalue weighted by Crippen LogP contribution is -2.15. The minimum atomic E-state index is -1.22. The fourth-order valence-corrected chi connectivity index (χ4v) is 2.41. The van der Waals surface area contributed by atoms with Crippen molar-refractivity contribution in [2.75, 3.05) is 5.32 Å². The number of hydrogen-bond acceptors (Lipinski definition) is 4. The molecule has 0 aliphatic carbocycles. The van der Waals surface area contributed by atoms with Crippen molar-refractivity contribution < 1.29 is 19.8 Å². The van der Waals surface area contributed by atoms with Crippen molar-refractivity contribution in [1.29, 1.82) is 0 Å². The molecule has 0 fully saturated rings. The molecule has 6 heteroatoms. The first-order chi connectivity index (χ1) is 9.97. The summed E-state index contributed by atoms with van der Waals surface area (Å²) in [5.74, 6) is -1.78. The van der Waals surface area contributed by atoms with Gasteiger partial charge in [0.25, 0.3) is 5.91 Å². The second-order valence-electron chi connectivity index (χ2n) is 4.33. The summed E-state index contributed by atoms with van der Waals surface area (Å²) in [4.78, 5) is 24.1. The average Bonchev–Trinajstić information content (AvgIpc) is 2.93. The van der Waals surface area contributed by atoms with Crippen LogP contribution in [0, 0.1) is 0 Å². The number of amides is 1. The molecule has 2 rings (SSSR count). The van der Waals surface area contributed by atoms with Gasteiger partial charge in [0.1, 0.15) is 5.75 Å². The Hall–Kier alpha value is -2.60. The summed E-state index contributed by atoms with van der Waals surface area (Å²) in [5.41, 5.74) is 0.443. The van der Waals surface area contributed by atoms with Crippen LogP contribution in [0.5, 0.6) is 5.75 Å². The number of hydrogen-bond donors (Lipinski definition) is 3. The van der Waals surface area contributed by atoms with Gasteiger partial charge in [0, 0.05) is 10.5 Å². The summed E-state index contributed by atoms with van der Waals surface area (Å²) in [6.07, 6.45) is 1.72. The zero-order chi connectivity index (χ0) is 15.4. The predicted molar refractivity (Wildman–Crippen MR) is 81.7 cm³/mol. The summed E-state index contributed by atoms with van der Waals surface area (Å²) in [5, 5.41) is 22.8. The smallest absolute Gasteiger partial charge is 0.337 e. The number of carbonyl (C=O) groups is 2. The molecule has 3 N–H and O–H groups in total. The highest BCUT2D eigenvalue weighted by Gasteiger charge is 2.14. The number of benzene rings is 1. The third-order valence-corrected chi connectivity index (χ3v) is 3.56. The predicted octanol–water partition coefficient (Wildman–Crippen LogP) is 3.19. The molecule has 0 saturated carbocycles. The fraction of sp³-hybridized carbons (Fsp3) is 0.0667. The number of rotatable bonds is 4. The molecule has 0 unspecified atom stereocenters. The number of anilines is 1. The van der Waals surface area contributed by atoms with Gasteiger partial charge in [-0.2, -0.15) is 0 Å². The van der Waals surface area contributed by atoms with Crippen LogP contribution in [0.4, 0.5) is 5.69 Å². The zero-order valence-corrected chi connectivity index (χ0v) is 12.0. The van der Waals surface area contributed by atoms with Crippen molar-refractivity contribution in [3.05, 3.63) is 51.7 Å². The van der Waals surface area contributed by atoms with Gasteiger partial charge in [0.05, 0.1) is 11.3 Å².